The van der Waals surface area contributed by atoms with E-state index in [2.05, 4.69) is 47.2 Å². The molecule has 1 N–H and O–H groups in total. The third-order valence-corrected chi connectivity index (χ3v) is 3.85. The average Bonchev–Trinajstić information content (AvgIpc) is 2.50. The highest BCUT2D eigenvalue weighted by Crippen LogP contribution is 2.33. The van der Waals surface area contributed by atoms with E-state index in [1.807, 2.05) is 30.3 Å². The molecule has 0 saturated carbocycles. The Hall–Kier alpha value is -1.52. The van der Waals surface area contributed by atoms with Crippen LogP contribution in [-0.4, -0.2) is 13.7 Å². The standard InChI is InChI=1S/C17H20BrNO2/c1-4-19-12(2)13-6-5-7-15(10-13)21-17-9-8-14(20-3)11-16(17)18/h5-12,19H,4H2,1-3H3. The summed E-state index contributed by atoms with van der Waals surface area (Å²) in [6, 6.07) is 14.1. The Kier molecular flexibility index (Phi) is 5.65. The normalized spacial score (nSPS) is 12.0. The summed E-state index contributed by atoms with van der Waals surface area (Å²) in [5.41, 5.74) is 1.21. The summed E-state index contributed by atoms with van der Waals surface area (Å²) >= 11 is 3.50. The lowest BCUT2D eigenvalue weighted by Crippen LogP contribution is -2.17. The van der Waals surface area contributed by atoms with E-state index in [4.69, 9.17) is 9.47 Å². The van der Waals surface area contributed by atoms with Crippen LogP contribution in [0.15, 0.2) is 46.9 Å². The SMILES string of the molecule is CCNC(C)c1cccc(Oc2ccc(OC)cc2Br)c1. The highest BCUT2D eigenvalue weighted by molar-refractivity contribution is 9.10. The molecule has 0 aliphatic heterocycles. The van der Waals surface area contributed by atoms with Crippen molar-refractivity contribution in [2.24, 2.45) is 0 Å². The van der Waals surface area contributed by atoms with Gasteiger partial charge in [0.05, 0.1) is 11.6 Å². The molecule has 21 heavy (non-hydrogen) atoms. The van der Waals surface area contributed by atoms with Crippen molar-refractivity contribution in [3.63, 3.8) is 0 Å². The summed E-state index contributed by atoms with van der Waals surface area (Å²) in [6.07, 6.45) is 0. The Morgan fingerprint density at radius 3 is 2.62 bits per heavy atom. The van der Waals surface area contributed by atoms with E-state index in [9.17, 15) is 0 Å². The van der Waals surface area contributed by atoms with Crippen molar-refractivity contribution in [1.29, 1.82) is 0 Å². The van der Waals surface area contributed by atoms with Crippen LogP contribution in [0.1, 0.15) is 25.5 Å². The molecule has 2 aromatic carbocycles. The zero-order valence-electron chi connectivity index (χ0n) is 12.5. The monoisotopic (exact) mass is 349 g/mol. The van der Waals surface area contributed by atoms with Crippen molar-refractivity contribution in [3.8, 4) is 17.2 Å². The maximum absolute atomic E-state index is 5.95. The summed E-state index contributed by atoms with van der Waals surface area (Å²) in [4.78, 5) is 0. The zero-order valence-corrected chi connectivity index (χ0v) is 14.1. The molecule has 2 aromatic rings. The predicted molar refractivity (Wildman–Crippen MR) is 89.3 cm³/mol. The largest absolute Gasteiger partial charge is 0.497 e. The third kappa shape index (κ3) is 4.22. The van der Waals surface area contributed by atoms with Crippen LogP contribution < -0.4 is 14.8 Å². The average molecular weight is 350 g/mol. The Bertz CT molecular complexity index is 601. The quantitative estimate of drug-likeness (QED) is 0.802. The van der Waals surface area contributed by atoms with Crippen LogP contribution in [0.25, 0.3) is 0 Å². The van der Waals surface area contributed by atoms with Gasteiger partial charge in [0.1, 0.15) is 17.2 Å². The van der Waals surface area contributed by atoms with Gasteiger partial charge in [-0.3, -0.25) is 0 Å². The molecule has 0 radical (unpaired) electrons. The van der Waals surface area contributed by atoms with Gasteiger partial charge in [-0.25, -0.2) is 0 Å². The fourth-order valence-corrected chi connectivity index (χ4v) is 2.53. The lowest BCUT2D eigenvalue weighted by atomic mass is 10.1. The van der Waals surface area contributed by atoms with Gasteiger partial charge in [-0.2, -0.15) is 0 Å². The number of nitrogens with one attached hydrogen (secondary N) is 1. The number of halogens is 1. The van der Waals surface area contributed by atoms with Crippen LogP contribution in [-0.2, 0) is 0 Å². The first kappa shape index (κ1) is 15.9. The van der Waals surface area contributed by atoms with E-state index in [0.717, 1.165) is 28.3 Å². The van der Waals surface area contributed by atoms with Gasteiger partial charge in [0.25, 0.3) is 0 Å². The topological polar surface area (TPSA) is 30.5 Å². The Morgan fingerprint density at radius 1 is 1.14 bits per heavy atom. The zero-order chi connectivity index (χ0) is 15.2. The molecular formula is C17H20BrNO2. The van der Waals surface area contributed by atoms with Crippen molar-refractivity contribution in [2.75, 3.05) is 13.7 Å². The van der Waals surface area contributed by atoms with Crippen LogP contribution in [0.3, 0.4) is 0 Å². The van der Waals surface area contributed by atoms with Crippen molar-refractivity contribution < 1.29 is 9.47 Å². The van der Waals surface area contributed by atoms with Crippen LogP contribution in [0.4, 0.5) is 0 Å². The Labute approximate surface area is 134 Å². The van der Waals surface area contributed by atoms with Gasteiger partial charge in [-0.05, 0) is 65.3 Å². The molecule has 0 aromatic heterocycles. The second-order valence-corrected chi connectivity index (χ2v) is 5.60. The van der Waals surface area contributed by atoms with E-state index in [0.29, 0.717) is 6.04 Å². The first-order chi connectivity index (χ1) is 10.1. The van der Waals surface area contributed by atoms with Gasteiger partial charge in [0.15, 0.2) is 0 Å². The van der Waals surface area contributed by atoms with Crippen LogP contribution in [0.5, 0.6) is 17.2 Å². The number of ether oxygens (including phenoxy) is 2. The first-order valence-electron chi connectivity index (χ1n) is 6.98. The molecule has 0 aliphatic carbocycles. The van der Waals surface area contributed by atoms with Crippen molar-refractivity contribution in [3.05, 3.63) is 52.5 Å². The van der Waals surface area contributed by atoms with Gasteiger partial charge in [0.2, 0.25) is 0 Å². The highest BCUT2D eigenvalue weighted by Gasteiger charge is 2.08. The highest BCUT2D eigenvalue weighted by atomic mass is 79.9. The number of hydrogen-bond donors (Lipinski definition) is 1. The van der Waals surface area contributed by atoms with Gasteiger partial charge < -0.3 is 14.8 Å². The maximum Gasteiger partial charge on any atom is 0.141 e. The fraction of sp³-hybridized carbons (Fsp3) is 0.294. The molecule has 0 saturated heterocycles. The number of methoxy groups -OCH3 is 1. The lowest BCUT2D eigenvalue weighted by molar-refractivity contribution is 0.412. The number of benzene rings is 2. The molecule has 0 spiro atoms. The second kappa shape index (κ2) is 7.48. The smallest absolute Gasteiger partial charge is 0.141 e. The van der Waals surface area contributed by atoms with Crippen LogP contribution in [0, 0.1) is 0 Å². The van der Waals surface area contributed by atoms with Crippen molar-refractivity contribution >= 4 is 15.9 Å². The summed E-state index contributed by atoms with van der Waals surface area (Å²) < 4.78 is 12.0. The van der Waals surface area contributed by atoms with E-state index in [1.165, 1.54) is 5.56 Å². The van der Waals surface area contributed by atoms with Gasteiger partial charge in [-0.15, -0.1) is 0 Å². The first-order valence-corrected chi connectivity index (χ1v) is 7.78. The lowest BCUT2D eigenvalue weighted by Gasteiger charge is -2.15. The summed E-state index contributed by atoms with van der Waals surface area (Å²) in [6.45, 7) is 5.19. The molecule has 3 nitrogen and oxygen atoms in total. The minimum Gasteiger partial charge on any atom is -0.497 e. The molecule has 0 bridgehead atoms. The van der Waals surface area contributed by atoms with Crippen LogP contribution in [0.2, 0.25) is 0 Å². The molecule has 0 fully saturated rings. The summed E-state index contributed by atoms with van der Waals surface area (Å²) in [5.74, 6) is 2.39. The Balaban J connectivity index is 2.18. The summed E-state index contributed by atoms with van der Waals surface area (Å²) in [5, 5.41) is 3.40. The van der Waals surface area contributed by atoms with E-state index in [-0.39, 0.29) is 0 Å². The number of rotatable bonds is 6. The molecule has 1 atom stereocenters. The minimum atomic E-state index is 0.304. The van der Waals surface area contributed by atoms with E-state index in [1.54, 1.807) is 7.11 Å². The molecule has 112 valence electrons. The van der Waals surface area contributed by atoms with Gasteiger partial charge >= 0.3 is 0 Å². The number of hydrogen-bond acceptors (Lipinski definition) is 3. The Morgan fingerprint density at radius 2 is 1.95 bits per heavy atom. The van der Waals surface area contributed by atoms with Gasteiger partial charge in [-0.1, -0.05) is 19.1 Å². The van der Waals surface area contributed by atoms with E-state index < -0.39 is 0 Å². The molecule has 0 heterocycles. The molecule has 0 amide bonds. The third-order valence-electron chi connectivity index (χ3n) is 3.24. The molecular weight excluding hydrogens is 330 g/mol. The fourth-order valence-electron chi connectivity index (χ4n) is 2.09. The molecule has 2 rings (SSSR count). The summed E-state index contributed by atoms with van der Waals surface area (Å²) in [7, 11) is 1.65. The van der Waals surface area contributed by atoms with Gasteiger partial charge in [0, 0.05) is 6.04 Å². The molecule has 4 heteroatoms. The maximum atomic E-state index is 5.95. The minimum absolute atomic E-state index is 0.304. The second-order valence-electron chi connectivity index (χ2n) is 4.75. The van der Waals surface area contributed by atoms with Crippen molar-refractivity contribution in [1.82, 2.24) is 5.32 Å². The van der Waals surface area contributed by atoms with Crippen LogP contribution >= 0.6 is 15.9 Å². The predicted octanol–water partition coefficient (Wildman–Crippen LogP) is 4.92. The van der Waals surface area contributed by atoms with Crippen molar-refractivity contribution in [2.45, 2.75) is 19.9 Å². The molecule has 0 aliphatic rings. The molecule has 1 unspecified atom stereocenters. The van der Waals surface area contributed by atoms with E-state index >= 15 is 0 Å².